The van der Waals surface area contributed by atoms with Crippen molar-refractivity contribution in [3.63, 3.8) is 0 Å². The number of hydroxylamine groups is 1. The Hall–Kier alpha value is -2.29. The zero-order valence-corrected chi connectivity index (χ0v) is 11.9. The maximum atomic E-state index is 11.7. The van der Waals surface area contributed by atoms with Crippen LogP contribution in [0, 0.1) is 15.5 Å². The van der Waals surface area contributed by atoms with Gasteiger partial charge in [0, 0.05) is 30.5 Å². The maximum Gasteiger partial charge on any atom is 0.362 e. The molecule has 0 aliphatic carbocycles. The van der Waals surface area contributed by atoms with E-state index in [0.717, 1.165) is 6.42 Å². The fourth-order valence-electron chi connectivity index (χ4n) is 1.88. The minimum Gasteiger partial charge on any atom is -0.340 e. The molecule has 1 heterocycles. The van der Waals surface area contributed by atoms with E-state index in [-0.39, 0.29) is 22.5 Å². The molecule has 2 rings (SSSR count). The lowest BCUT2D eigenvalue weighted by molar-refractivity contribution is -0.384. The third kappa shape index (κ3) is 3.85. The molecule has 1 aliphatic rings. The lowest BCUT2D eigenvalue weighted by atomic mass is 10.2. The Morgan fingerprint density at radius 2 is 2.14 bits per heavy atom. The molecule has 0 radical (unpaired) electrons. The summed E-state index contributed by atoms with van der Waals surface area (Å²) >= 11 is 4.31. The molecule has 0 amide bonds. The van der Waals surface area contributed by atoms with Crippen molar-refractivity contribution < 1.29 is 14.6 Å². The maximum absolute atomic E-state index is 11.7. The van der Waals surface area contributed by atoms with E-state index in [9.17, 15) is 14.9 Å². The van der Waals surface area contributed by atoms with Crippen LogP contribution in [0.1, 0.15) is 16.8 Å². The van der Waals surface area contributed by atoms with Crippen LogP contribution in [0.2, 0.25) is 0 Å². The van der Waals surface area contributed by atoms with Crippen molar-refractivity contribution in [3.8, 4) is 0 Å². The molecule has 1 fully saturated rings. The monoisotopic (exact) mass is 310 g/mol. The zero-order chi connectivity index (χ0) is 15.4. The van der Waals surface area contributed by atoms with E-state index in [0.29, 0.717) is 13.1 Å². The average Bonchev–Trinajstić information content (AvgIpc) is 2.91. The average molecular weight is 310 g/mol. The van der Waals surface area contributed by atoms with Crippen molar-refractivity contribution in [3.05, 3.63) is 39.9 Å². The first kappa shape index (κ1) is 15.1. The third-order valence-corrected chi connectivity index (χ3v) is 3.46. The van der Waals surface area contributed by atoms with Crippen LogP contribution in [0.25, 0.3) is 0 Å². The molecule has 1 unspecified atom stereocenters. The van der Waals surface area contributed by atoms with Crippen LogP contribution in [0.15, 0.2) is 24.3 Å². The number of hydrogen-bond donors (Lipinski definition) is 3. The molecule has 0 spiro atoms. The van der Waals surface area contributed by atoms with Gasteiger partial charge < -0.3 is 9.74 Å². The van der Waals surface area contributed by atoms with Gasteiger partial charge in [-0.15, -0.1) is 0 Å². The first-order valence-corrected chi connectivity index (χ1v) is 6.72. The van der Waals surface area contributed by atoms with Gasteiger partial charge in [-0.2, -0.15) is 18.1 Å². The predicted molar refractivity (Wildman–Crippen MR) is 78.3 cm³/mol. The molecular weight excluding hydrogens is 296 g/mol. The molecule has 1 aromatic rings. The van der Waals surface area contributed by atoms with Gasteiger partial charge in [0.25, 0.3) is 5.69 Å². The fraction of sp³-hybridized carbons (Fsp3) is 0.333. The summed E-state index contributed by atoms with van der Waals surface area (Å²) in [5.41, 5.74) is 2.33. The number of nitrogens with one attached hydrogen (secondary N) is 2. The smallest absolute Gasteiger partial charge is 0.340 e. The van der Waals surface area contributed by atoms with Crippen molar-refractivity contribution in [2.24, 2.45) is 0 Å². The quantitative estimate of drug-likeness (QED) is 0.249. The number of benzene rings is 1. The molecule has 8 nitrogen and oxygen atoms in total. The summed E-state index contributed by atoms with van der Waals surface area (Å²) in [6.07, 6.45) is 0.865. The van der Waals surface area contributed by atoms with Crippen LogP contribution in [-0.2, 0) is 4.84 Å². The van der Waals surface area contributed by atoms with Crippen LogP contribution >= 0.6 is 12.6 Å². The van der Waals surface area contributed by atoms with Crippen molar-refractivity contribution in [2.75, 3.05) is 13.1 Å². The highest BCUT2D eigenvalue weighted by atomic mass is 32.1. The Labute approximate surface area is 126 Å². The van der Waals surface area contributed by atoms with Crippen LogP contribution in [0.4, 0.5) is 5.69 Å². The number of nitrogens with zero attached hydrogens (tertiary/aromatic N) is 2. The van der Waals surface area contributed by atoms with Crippen molar-refractivity contribution >= 4 is 30.2 Å². The second kappa shape index (κ2) is 6.44. The molecule has 0 bridgehead atoms. The van der Waals surface area contributed by atoms with Crippen LogP contribution in [0.5, 0.6) is 0 Å². The summed E-state index contributed by atoms with van der Waals surface area (Å²) < 4.78 is 0. The number of non-ortho nitro benzene ring substituents is 1. The predicted octanol–water partition coefficient (Wildman–Crippen LogP) is 1.20. The summed E-state index contributed by atoms with van der Waals surface area (Å²) in [6.45, 7) is 1.29. The number of nitro groups is 1. The van der Waals surface area contributed by atoms with E-state index in [4.69, 9.17) is 10.2 Å². The van der Waals surface area contributed by atoms with E-state index in [1.54, 1.807) is 4.90 Å². The van der Waals surface area contributed by atoms with Gasteiger partial charge in [0.1, 0.15) is 0 Å². The van der Waals surface area contributed by atoms with E-state index < -0.39 is 10.9 Å². The van der Waals surface area contributed by atoms with E-state index in [2.05, 4.69) is 18.1 Å². The Morgan fingerprint density at radius 3 is 2.67 bits per heavy atom. The van der Waals surface area contributed by atoms with Gasteiger partial charge in [0.05, 0.1) is 10.5 Å². The van der Waals surface area contributed by atoms with Crippen molar-refractivity contribution in [1.29, 1.82) is 5.41 Å². The summed E-state index contributed by atoms with van der Waals surface area (Å²) in [4.78, 5) is 28.2. The van der Waals surface area contributed by atoms with Gasteiger partial charge in [0.2, 0.25) is 5.96 Å². The molecule has 9 heteroatoms. The molecule has 0 aromatic heterocycles. The summed E-state index contributed by atoms with van der Waals surface area (Å²) in [7, 11) is 0. The number of thiol groups is 1. The van der Waals surface area contributed by atoms with Gasteiger partial charge in [-0.25, -0.2) is 4.79 Å². The van der Waals surface area contributed by atoms with Gasteiger partial charge >= 0.3 is 5.97 Å². The molecule has 1 aliphatic heterocycles. The first-order valence-electron chi connectivity index (χ1n) is 6.20. The minimum absolute atomic E-state index is 0.0122. The lowest BCUT2D eigenvalue weighted by Gasteiger charge is -2.18. The number of likely N-dealkylation sites (tertiary alicyclic amines) is 1. The highest BCUT2D eigenvalue weighted by molar-refractivity contribution is 7.81. The number of rotatable bonds is 2. The van der Waals surface area contributed by atoms with Crippen LogP contribution in [-0.4, -0.2) is 40.1 Å². The number of nitro benzene ring substituents is 1. The van der Waals surface area contributed by atoms with Crippen LogP contribution in [0.3, 0.4) is 0 Å². The highest BCUT2D eigenvalue weighted by Crippen LogP contribution is 2.14. The molecule has 1 saturated heterocycles. The number of carbonyl (C=O) groups excluding carboxylic acids is 1. The lowest BCUT2D eigenvalue weighted by Crippen LogP contribution is -2.40. The molecule has 0 saturated carbocycles. The Balaban J connectivity index is 1.86. The van der Waals surface area contributed by atoms with E-state index in [1.807, 2.05) is 0 Å². The Kier molecular flexibility index (Phi) is 4.63. The van der Waals surface area contributed by atoms with Gasteiger partial charge in [-0.1, -0.05) is 0 Å². The molecule has 1 atom stereocenters. The third-order valence-electron chi connectivity index (χ3n) is 3.03. The molecule has 112 valence electrons. The zero-order valence-electron chi connectivity index (χ0n) is 11.0. The summed E-state index contributed by atoms with van der Waals surface area (Å²) in [5.74, 6) is -0.724. The minimum atomic E-state index is -0.712. The normalized spacial score (nSPS) is 17.4. The van der Waals surface area contributed by atoms with Gasteiger partial charge in [0.15, 0.2) is 0 Å². The largest absolute Gasteiger partial charge is 0.362 e. The standard InChI is InChI=1S/C12H14N4O4S/c13-12(15-6-5-10(21)7-15)14-20-11(17)8-1-3-9(4-2-8)16(18)19/h1-4,10,21H,5-7H2,(H2,13,14). The summed E-state index contributed by atoms with van der Waals surface area (Å²) in [5, 5.41) is 18.5. The topological polar surface area (TPSA) is 109 Å². The first-order chi connectivity index (χ1) is 9.97. The SMILES string of the molecule is N=C(NOC(=O)c1ccc([N+](=O)[O-])cc1)N1CCC(S)C1. The van der Waals surface area contributed by atoms with Gasteiger partial charge in [-0.05, 0) is 18.6 Å². The number of hydrogen-bond acceptors (Lipinski definition) is 6. The van der Waals surface area contributed by atoms with Crippen molar-refractivity contribution in [1.82, 2.24) is 10.4 Å². The second-order valence-electron chi connectivity index (χ2n) is 4.53. The Bertz CT molecular complexity index is 563. The molecule has 2 N–H and O–H groups in total. The van der Waals surface area contributed by atoms with Crippen LogP contribution < -0.4 is 5.48 Å². The number of guanidine groups is 1. The van der Waals surface area contributed by atoms with Gasteiger partial charge in [-0.3, -0.25) is 15.5 Å². The van der Waals surface area contributed by atoms with E-state index in [1.165, 1.54) is 24.3 Å². The number of carbonyl (C=O) groups is 1. The van der Waals surface area contributed by atoms with E-state index >= 15 is 0 Å². The summed E-state index contributed by atoms with van der Waals surface area (Å²) in [6, 6.07) is 5.03. The van der Waals surface area contributed by atoms with Crippen molar-refractivity contribution in [2.45, 2.75) is 11.7 Å². The molecular formula is C12H14N4O4S. The fourth-order valence-corrected chi connectivity index (χ4v) is 2.19. The molecule has 21 heavy (non-hydrogen) atoms. The highest BCUT2D eigenvalue weighted by Gasteiger charge is 2.22. The molecule has 1 aromatic carbocycles. The Morgan fingerprint density at radius 1 is 1.48 bits per heavy atom. The second-order valence-corrected chi connectivity index (χ2v) is 5.26.